The van der Waals surface area contributed by atoms with Gasteiger partial charge in [-0.1, -0.05) is 0 Å². The number of nitrogens with zero attached hydrogens (tertiary/aromatic N) is 2. The van der Waals surface area contributed by atoms with E-state index in [0.717, 1.165) is 0 Å². The lowest BCUT2D eigenvalue weighted by molar-refractivity contribution is -0.321. The van der Waals surface area contributed by atoms with Gasteiger partial charge < -0.3 is 28.4 Å². The molecular weight excluding hydrogens is 420 g/mol. The van der Waals surface area contributed by atoms with Gasteiger partial charge in [0, 0.05) is 18.8 Å². The second-order valence-corrected chi connectivity index (χ2v) is 7.31. The number of carbonyl (C=O) groups excluding carboxylic acids is 2. The Bertz CT molecular complexity index is 916. The van der Waals surface area contributed by atoms with Gasteiger partial charge >= 0.3 is 11.9 Å². The average molecular weight is 446 g/mol. The average Bonchev–Trinajstić information content (AvgIpc) is 2.79. The first kappa shape index (κ1) is 23.7. The Hall–Kier alpha value is -2.92. The third kappa shape index (κ3) is 3.36. The first-order valence-electron chi connectivity index (χ1n) is 10.6. The fourth-order valence-electron chi connectivity index (χ4n) is 4.71. The number of ether oxygens (including phenoxy) is 6. The highest BCUT2D eigenvalue weighted by atomic mass is 16.7. The lowest BCUT2D eigenvalue weighted by Crippen LogP contribution is -2.72. The zero-order valence-corrected chi connectivity index (χ0v) is 18.5. The Kier molecular flexibility index (Phi) is 6.89. The number of hydrogen-bond donors (Lipinski definition) is 0. The maximum Gasteiger partial charge on any atom is 0.334 e. The highest BCUT2D eigenvalue weighted by Gasteiger charge is 2.76. The summed E-state index contributed by atoms with van der Waals surface area (Å²) in [4.78, 5) is 26.4. The SMILES string of the molecule is CCOC(=O)C1=CC2(C#N)OC(OCC)C1C1C(OCC)OC(C#N)=CC12C(=O)OCC. The molecule has 2 bridgehead atoms. The minimum atomic E-state index is -2.03. The van der Waals surface area contributed by atoms with Gasteiger partial charge in [-0.25, -0.2) is 4.79 Å². The van der Waals surface area contributed by atoms with Crippen LogP contribution in [0, 0.1) is 39.9 Å². The lowest BCUT2D eigenvalue weighted by atomic mass is 9.51. The molecule has 1 aliphatic carbocycles. The molecule has 0 aromatic rings. The number of hydrogen-bond acceptors (Lipinski definition) is 10. The summed E-state index contributed by atoms with van der Waals surface area (Å²) in [5.74, 6) is -3.51. The van der Waals surface area contributed by atoms with E-state index in [0.29, 0.717) is 0 Å². The van der Waals surface area contributed by atoms with E-state index in [4.69, 9.17) is 28.4 Å². The van der Waals surface area contributed by atoms with Crippen molar-refractivity contribution < 1.29 is 38.0 Å². The predicted octanol–water partition coefficient (Wildman–Crippen LogP) is 1.73. The first-order chi connectivity index (χ1) is 15.4. The van der Waals surface area contributed by atoms with Crippen molar-refractivity contribution in [2.24, 2.45) is 17.3 Å². The van der Waals surface area contributed by atoms with Gasteiger partial charge in [0.2, 0.25) is 6.29 Å². The zero-order valence-electron chi connectivity index (χ0n) is 18.5. The Labute approximate surface area is 186 Å². The summed E-state index contributed by atoms with van der Waals surface area (Å²) in [6.45, 7) is 7.29. The molecule has 0 spiro atoms. The quantitative estimate of drug-likeness (QED) is 0.507. The summed E-state index contributed by atoms with van der Waals surface area (Å²) in [6.07, 6.45) is 0.340. The van der Waals surface area contributed by atoms with Crippen molar-refractivity contribution in [3.63, 3.8) is 0 Å². The van der Waals surface area contributed by atoms with Crippen LogP contribution in [0.3, 0.4) is 0 Å². The number of esters is 2. The van der Waals surface area contributed by atoms with Crippen molar-refractivity contribution in [2.45, 2.75) is 45.9 Å². The molecule has 3 aliphatic heterocycles. The maximum absolute atomic E-state index is 13.5. The Morgan fingerprint density at radius 1 is 1.00 bits per heavy atom. The molecule has 0 amide bonds. The minimum Gasteiger partial charge on any atom is -0.465 e. The molecule has 1 saturated heterocycles. The molecule has 0 aromatic carbocycles. The molecule has 10 heteroatoms. The summed E-state index contributed by atoms with van der Waals surface area (Å²) in [5, 5.41) is 19.9. The molecular formula is C22H26N2O8. The first-order valence-corrected chi connectivity index (χ1v) is 10.6. The van der Waals surface area contributed by atoms with Gasteiger partial charge in [-0.05, 0) is 39.8 Å². The van der Waals surface area contributed by atoms with Gasteiger partial charge in [0.15, 0.2) is 17.7 Å². The standard InChI is InChI=1S/C22H26N2O8/c1-5-27-17(25)14-10-21(12-24)22(20(26)30-8-4)9-13(11-23)31-19(29-7-3)16(22)15(14)18(32-21)28-6-2/h9-10,15-16,18-19H,5-8H2,1-4H3. The van der Waals surface area contributed by atoms with Crippen molar-refractivity contribution in [1.82, 2.24) is 0 Å². The number of allylic oxidation sites excluding steroid dienone is 1. The highest BCUT2D eigenvalue weighted by Crippen LogP contribution is 2.62. The molecule has 0 saturated carbocycles. The van der Waals surface area contributed by atoms with Crippen molar-refractivity contribution in [3.05, 3.63) is 23.5 Å². The zero-order chi connectivity index (χ0) is 23.5. The van der Waals surface area contributed by atoms with E-state index in [2.05, 4.69) is 6.07 Å². The van der Waals surface area contributed by atoms with E-state index in [9.17, 15) is 20.1 Å². The fraction of sp³-hybridized carbons (Fsp3) is 0.636. The minimum absolute atomic E-state index is 0.0265. The van der Waals surface area contributed by atoms with Crippen LogP contribution in [-0.2, 0) is 38.0 Å². The van der Waals surface area contributed by atoms with E-state index < -0.39 is 47.4 Å². The van der Waals surface area contributed by atoms with Gasteiger partial charge in [0.1, 0.15) is 17.6 Å². The lowest BCUT2D eigenvalue weighted by Gasteiger charge is -2.60. The van der Waals surface area contributed by atoms with Gasteiger partial charge in [0.25, 0.3) is 0 Å². The molecule has 4 rings (SSSR count). The normalized spacial score (nSPS) is 34.7. The molecule has 10 nitrogen and oxygen atoms in total. The topological polar surface area (TPSA) is 137 Å². The number of carbonyl (C=O) groups is 2. The van der Waals surface area contributed by atoms with Gasteiger partial charge in [-0.15, -0.1) is 0 Å². The molecule has 3 heterocycles. The summed E-state index contributed by atoms with van der Waals surface area (Å²) >= 11 is 0. The van der Waals surface area contributed by atoms with Gasteiger partial charge in [-0.3, -0.25) is 4.79 Å². The number of fused-ring (bicyclic) bond motifs is 1. The maximum atomic E-state index is 13.5. The smallest absolute Gasteiger partial charge is 0.334 e. The molecule has 4 aliphatic rings. The second kappa shape index (κ2) is 9.29. The fourth-order valence-corrected chi connectivity index (χ4v) is 4.71. The van der Waals surface area contributed by atoms with Crippen molar-refractivity contribution in [1.29, 1.82) is 10.5 Å². The molecule has 6 atom stereocenters. The number of nitriles is 2. The van der Waals surface area contributed by atoms with E-state index in [1.165, 1.54) is 12.2 Å². The summed E-state index contributed by atoms with van der Waals surface area (Å²) in [7, 11) is 0. The van der Waals surface area contributed by atoms with E-state index in [1.54, 1.807) is 27.7 Å². The monoisotopic (exact) mass is 446 g/mol. The second-order valence-electron chi connectivity index (χ2n) is 7.31. The van der Waals surface area contributed by atoms with E-state index in [-0.39, 0.29) is 37.8 Å². The summed E-state index contributed by atoms with van der Waals surface area (Å²) < 4.78 is 33.9. The van der Waals surface area contributed by atoms with Gasteiger partial charge in [0.05, 0.1) is 25.0 Å². The van der Waals surface area contributed by atoms with Crippen LogP contribution in [0.4, 0.5) is 0 Å². The predicted molar refractivity (Wildman–Crippen MR) is 106 cm³/mol. The molecule has 0 radical (unpaired) electrons. The highest BCUT2D eigenvalue weighted by molar-refractivity contribution is 5.93. The molecule has 6 unspecified atom stereocenters. The van der Waals surface area contributed by atoms with Gasteiger partial charge in [-0.2, -0.15) is 10.5 Å². The van der Waals surface area contributed by atoms with E-state index in [1.807, 2.05) is 6.07 Å². The van der Waals surface area contributed by atoms with E-state index >= 15 is 0 Å². The van der Waals surface area contributed by atoms with Crippen LogP contribution in [0.5, 0.6) is 0 Å². The molecule has 1 fully saturated rings. The van der Waals surface area contributed by atoms with Crippen LogP contribution in [0.2, 0.25) is 0 Å². The van der Waals surface area contributed by atoms with Crippen molar-refractivity contribution >= 4 is 11.9 Å². The molecule has 0 aromatic heterocycles. The summed E-state index contributed by atoms with van der Waals surface area (Å²) in [5.41, 5.74) is -3.71. The third-order valence-electron chi connectivity index (χ3n) is 5.80. The van der Waals surface area contributed by atoms with Crippen LogP contribution < -0.4 is 0 Å². The molecule has 0 N–H and O–H groups in total. The van der Waals surface area contributed by atoms with Crippen LogP contribution in [-0.4, -0.2) is 56.5 Å². The van der Waals surface area contributed by atoms with Crippen LogP contribution >= 0.6 is 0 Å². The largest absolute Gasteiger partial charge is 0.465 e. The van der Waals surface area contributed by atoms with Crippen molar-refractivity contribution in [2.75, 3.05) is 26.4 Å². The van der Waals surface area contributed by atoms with Crippen LogP contribution in [0.25, 0.3) is 0 Å². The number of rotatable bonds is 8. The summed E-state index contributed by atoms with van der Waals surface area (Å²) in [6, 6.07) is 3.94. The Morgan fingerprint density at radius 3 is 2.22 bits per heavy atom. The molecule has 32 heavy (non-hydrogen) atoms. The van der Waals surface area contributed by atoms with Crippen LogP contribution in [0.15, 0.2) is 23.5 Å². The Balaban J connectivity index is 2.36. The third-order valence-corrected chi connectivity index (χ3v) is 5.80. The van der Waals surface area contributed by atoms with Crippen LogP contribution in [0.1, 0.15) is 27.7 Å². The van der Waals surface area contributed by atoms with Crippen molar-refractivity contribution in [3.8, 4) is 12.1 Å². The molecule has 172 valence electrons. The Morgan fingerprint density at radius 2 is 1.66 bits per heavy atom.